The highest BCUT2D eigenvalue weighted by atomic mass is 35.5. The Morgan fingerprint density at radius 1 is 1.40 bits per heavy atom. The maximum atomic E-state index is 10.1. The molecule has 0 spiro atoms. The van der Waals surface area contributed by atoms with Crippen LogP contribution < -0.4 is 0 Å². The van der Waals surface area contributed by atoms with Crippen molar-refractivity contribution < 1.29 is 4.79 Å². The maximum absolute atomic E-state index is 10.1. The Morgan fingerprint density at radius 2 is 2.00 bits per heavy atom. The molecule has 1 aliphatic carbocycles. The molecular weight excluding hydrogens is 148 g/mol. The van der Waals surface area contributed by atoms with E-state index < -0.39 is 0 Å². The molecule has 10 heavy (non-hydrogen) atoms. The third-order valence-corrected chi connectivity index (χ3v) is 2.00. The first-order chi connectivity index (χ1) is 4.83. The molecule has 0 aromatic carbocycles. The molecule has 0 heterocycles. The summed E-state index contributed by atoms with van der Waals surface area (Å²) in [4.78, 5) is 10.1. The Bertz CT molecular complexity index is 93.3. The molecule has 1 fully saturated rings. The fourth-order valence-electron chi connectivity index (χ4n) is 1.08. The van der Waals surface area contributed by atoms with E-state index in [0.717, 1.165) is 25.5 Å². The minimum absolute atomic E-state index is 0.262. The first-order valence-corrected chi connectivity index (χ1v) is 4.36. The van der Waals surface area contributed by atoms with Gasteiger partial charge in [0, 0.05) is 11.3 Å². The molecular formula is C8H15ClO. The van der Waals surface area contributed by atoms with Crippen molar-refractivity contribution in [3.8, 4) is 0 Å². The van der Waals surface area contributed by atoms with E-state index >= 15 is 0 Å². The highest BCUT2D eigenvalue weighted by Gasteiger charge is 2.21. The summed E-state index contributed by atoms with van der Waals surface area (Å²) < 4.78 is 0. The van der Waals surface area contributed by atoms with Gasteiger partial charge in [-0.3, -0.25) is 0 Å². The second-order valence-corrected chi connectivity index (χ2v) is 2.92. The second-order valence-electron chi connectivity index (χ2n) is 2.31. The smallest absolute Gasteiger partial charge is 0.123 e. The van der Waals surface area contributed by atoms with Crippen LogP contribution in [0.1, 0.15) is 33.1 Å². The first-order valence-electron chi connectivity index (χ1n) is 3.92. The van der Waals surface area contributed by atoms with E-state index in [1.165, 1.54) is 0 Å². The van der Waals surface area contributed by atoms with Crippen LogP contribution in [-0.2, 0) is 4.79 Å². The van der Waals surface area contributed by atoms with Gasteiger partial charge in [-0.05, 0) is 19.3 Å². The average Bonchev–Trinajstić information content (AvgIpc) is 2.40. The molecule has 0 radical (unpaired) electrons. The van der Waals surface area contributed by atoms with Crippen molar-refractivity contribution in [2.24, 2.45) is 5.92 Å². The average molecular weight is 163 g/mol. The van der Waals surface area contributed by atoms with Gasteiger partial charge in [-0.1, -0.05) is 13.8 Å². The number of alkyl halides is 1. The van der Waals surface area contributed by atoms with Gasteiger partial charge in [-0.2, -0.15) is 0 Å². The number of halogens is 1. The van der Waals surface area contributed by atoms with Crippen molar-refractivity contribution in [1.29, 1.82) is 0 Å². The lowest BCUT2D eigenvalue weighted by molar-refractivity contribution is -0.110. The highest BCUT2D eigenvalue weighted by Crippen LogP contribution is 2.27. The molecule has 0 aromatic rings. The predicted molar refractivity (Wildman–Crippen MR) is 44.4 cm³/mol. The van der Waals surface area contributed by atoms with Crippen molar-refractivity contribution in [3.63, 3.8) is 0 Å². The lowest BCUT2D eigenvalue weighted by atomic mass is 10.1. The topological polar surface area (TPSA) is 17.1 Å². The number of hydrogen-bond donors (Lipinski definition) is 0. The van der Waals surface area contributed by atoms with Crippen molar-refractivity contribution >= 4 is 17.9 Å². The number of hydrogen-bond acceptors (Lipinski definition) is 1. The van der Waals surface area contributed by atoms with Crippen LogP contribution in [0.2, 0.25) is 0 Å². The van der Waals surface area contributed by atoms with Crippen LogP contribution in [0.5, 0.6) is 0 Å². The largest absolute Gasteiger partial charge is 0.303 e. The minimum atomic E-state index is 0.262. The quantitative estimate of drug-likeness (QED) is 0.428. The number of carbonyl (C=O) groups excluding carboxylic acids is 1. The van der Waals surface area contributed by atoms with Gasteiger partial charge < -0.3 is 4.79 Å². The molecule has 2 heteroatoms. The zero-order chi connectivity index (χ0) is 7.98. The van der Waals surface area contributed by atoms with Gasteiger partial charge in [-0.15, -0.1) is 11.6 Å². The van der Waals surface area contributed by atoms with Crippen molar-refractivity contribution in [3.05, 3.63) is 0 Å². The van der Waals surface area contributed by atoms with E-state index in [1.54, 1.807) is 0 Å². The minimum Gasteiger partial charge on any atom is -0.303 e. The Kier molecular flexibility index (Phi) is 5.70. The molecule has 2 atom stereocenters. The Balaban J connectivity index is 0.000000371. The summed E-state index contributed by atoms with van der Waals surface area (Å²) in [6, 6.07) is 0. The Labute approximate surface area is 67.8 Å². The van der Waals surface area contributed by atoms with Crippen molar-refractivity contribution in [2.75, 3.05) is 0 Å². The molecule has 0 aliphatic heterocycles. The summed E-state index contributed by atoms with van der Waals surface area (Å²) in [5.41, 5.74) is 0. The molecule has 1 nitrogen and oxygen atoms in total. The van der Waals surface area contributed by atoms with E-state index in [4.69, 9.17) is 11.6 Å². The van der Waals surface area contributed by atoms with Gasteiger partial charge in [0.1, 0.15) is 6.29 Å². The van der Waals surface area contributed by atoms with Gasteiger partial charge in [0.05, 0.1) is 0 Å². The first kappa shape index (κ1) is 9.96. The van der Waals surface area contributed by atoms with Gasteiger partial charge in [0.15, 0.2) is 0 Å². The summed E-state index contributed by atoms with van der Waals surface area (Å²) in [5, 5.41) is 0.269. The van der Waals surface area contributed by atoms with Crippen molar-refractivity contribution in [2.45, 2.75) is 38.5 Å². The van der Waals surface area contributed by atoms with E-state index in [2.05, 4.69) is 0 Å². The molecule has 60 valence electrons. The SMILES string of the molecule is CC.O=CC1CCC(Cl)C1. The highest BCUT2D eigenvalue weighted by molar-refractivity contribution is 6.20. The number of aldehydes is 1. The standard InChI is InChI=1S/C6H9ClO.C2H6/c7-6-2-1-5(3-6)4-8;1-2/h4-6H,1-3H2;1-2H3. The number of rotatable bonds is 1. The molecule has 1 aliphatic rings. The van der Waals surface area contributed by atoms with E-state index in [1.807, 2.05) is 13.8 Å². The monoisotopic (exact) mass is 162 g/mol. The number of carbonyl (C=O) groups is 1. The van der Waals surface area contributed by atoms with Gasteiger partial charge in [-0.25, -0.2) is 0 Å². The van der Waals surface area contributed by atoms with Crippen LogP contribution in [0.15, 0.2) is 0 Å². The molecule has 0 saturated heterocycles. The molecule has 0 aromatic heterocycles. The molecule has 0 bridgehead atoms. The summed E-state index contributed by atoms with van der Waals surface area (Å²) in [5.74, 6) is 0.262. The fraction of sp³-hybridized carbons (Fsp3) is 0.875. The summed E-state index contributed by atoms with van der Waals surface area (Å²) in [6.45, 7) is 4.00. The zero-order valence-corrected chi connectivity index (χ0v) is 7.40. The van der Waals surface area contributed by atoms with Crippen LogP contribution in [0.3, 0.4) is 0 Å². The molecule has 0 N–H and O–H groups in total. The predicted octanol–water partition coefficient (Wildman–Crippen LogP) is 2.62. The Hall–Kier alpha value is -0.0400. The third-order valence-electron chi connectivity index (χ3n) is 1.60. The molecule has 1 rings (SSSR count). The lowest BCUT2D eigenvalue weighted by Crippen LogP contribution is -1.94. The maximum Gasteiger partial charge on any atom is 0.123 e. The Morgan fingerprint density at radius 3 is 2.20 bits per heavy atom. The second kappa shape index (κ2) is 5.72. The van der Waals surface area contributed by atoms with Gasteiger partial charge in [0.25, 0.3) is 0 Å². The van der Waals surface area contributed by atoms with E-state index in [9.17, 15) is 4.79 Å². The summed E-state index contributed by atoms with van der Waals surface area (Å²) in [6.07, 6.45) is 3.93. The van der Waals surface area contributed by atoms with Crippen LogP contribution in [-0.4, -0.2) is 11.7 Å². The normalized spacial score (nSPS) is 30.7. The molecule has 2 unspecified atom stereocenters. The fourth-order valence-corrected chi connectivity index (χ4v) is 1.44. The van der Waals surface area contributed by atoms with Gasteiger partial charge >= 0.3 is 0 Å². The van der Waals surface area contributed by atoms with Gasteiger partial charge in [0.2, 0.25) is 0 Å². The molecule has 1 saturated carbocycles. The van der Waals surface area contributed by atoms with Crippen molar-refractivity contribution in [1.82, 2.24) is 0 Å². The van der Waals surface area contributed by atoms with Crippen LogP contribution >= 0.6 is 11.6 Å². The van der Waals surface area contributed by atoms with Crippen LogP contribution in [0.25, 0.3) is 0 Å². The summed E-state index contributed by atoms with van der Waals surface area (Å²) >= 11 is 5.73. The van der Waals surface area contributed by atoms with Crippen LogP contribution in [0, 0.1) is 5.92 Å². The van der Waals surface area contributed by atoms with Crippen LogP contribution in [0.4, 0.5) is 0 Å². The lowest BCUT2D eigenvalue weighted by Gasteiger charge is -1.93. The van der Waals surface area contributed by atoms with E-state index in [0.29, 0.717) is 0 Å². The van der Waals surface area contributed by atoms with E-state index in [-0.39, 0.29) is 11.3 Å². The zero-order valence-electron chi connectivity index (χ0n) is 6.64. The summed E-state index contributed by atoms with van der Waals surface area (Å²) in [7, 11) is 0. The molecule has 0 amide bonds. The third kappa shape index (κ3) is 3.21.